The molecule has 0 aliphatic carbocycles. The average molecular weight is 295 g/mol. The normalized spacial score (nSPS) is 17.9. The number of hydrogen-bond donors (Lipinski definition) is 1. The standard InChI is InChI=1S/C15H25N3O3/c1-3-6-16-13-8-15(18-14(17-13)11-19-4-2)21-10-12-5-7-20-9-12/h8,12H,3-7,9-11H2,1-2H3,(H,16,17,18). The molecule has 0 aromatic carbocycles. The highest BCUT2D eigenvalue weighted by Gasteiger charge is 2.17. The maximum atomic E-state index is 5.80. The van der Waals surface area contributed by atoms with E-state index in [4.69, 9.17) is 14.2 Å². The maximum Gasteiger partial charge on any atom is 0.218 e. The Morgan fingerprint density at radius 2 is 2.29 bits per heavy atom. The van der Waals surface area contributed by atoms with Gasteiger partial charge in [0.15, 0.2) is 5.82 Å². The Morgan fingerprint density at radius 1 is 1.38 bits per heavy atom. The summed E-state index contributed by atoms with van der Waals surface area (Å²) in [5.41, 5.74) is 0. The molecule has 6 heteroatoms. The van der Waals surface area contributed by atoms with Gasteiger partial charge in [-0.15, -0.1) is 0 Å². The lowest BCUT2D eigenvalue weighted by Crippen LogP contribution is -2.14. The third kappa shape index (κ3) is 5.47. The van der Waals surface area contributed by atoms with Crippen molar-refractivity contribution in [2.75, 3.05) is 38.3 Å². The van der Waals surface area contributed by atoms with E-state index in [1.807, 2.05) is 13.0 Å². The van der Waals surface area contributed by atoms with Crippen LogP contribution in [0.25, 0.3) is 0 Å². The zero-order chi connectivity index (χ0) is 14.9. The second kappa shape index (κ2) is 8.79. The Bertz CT molecular complexity index is 396. The van der Waals surface area contributed by atoms with Gasteiger partial charge in [0.25, 0.3) is 0 Å². The van der Waals surface area contributed by atoms with Gasteiger partial charge in [0, 0.05) is 31.7 Å². The molecule has 1 atom stereocenters. The number of hydrogen-bond acceptors (Lipinski definition) is 6. The van der Waals surface area contributed by atoms with Crippen LogP contribution in [-0.4, -0.2) is 42.9 Å². The van der Waals surface area contributed by atoms with E-state index in [-0.39, 0.29) is 0 Å². The van der Waals surface area contributed by atoms with Crippen LogP contribution < -0.4 is 10.1 Å². The van der Waals surface area contributed by atoms with Crippen LogP contribution in [0, 0.1) is 5.92 Å². The predicted octanol–water partition coefficient (Wildman–Crippen LogP) is 2.25. The number of anilines is 1. The van der Waals surface area contributed by atoms with Gasteiger partial charge in [0.05, 0.1) is 13.2 Å². The monoisotopic (exact) mass is 295 g/mol. The van der Waals surface area contributed by atoms with Crippen molar-refractivity contribution in [2.45, 2.75) is 33.3 Å². The summed E-state index contributed by atoms with van der Waals surface area (Å²) >= 11 is 0. The zero-order valence-electron chi connectivity index (χ0n) is 12.9. The molecule has 6 nitrogen and oxygen atoms in total. The summed E-state index contributed by atoms with van der Waals surface area (Å²) in [7, 11) is 0. The van der Waals surface area contributed by atoms with Gasteiger partial charge in [0.1, 0.15) is 12.4 Å². The molecular weight excluding hydrogens is 270 g/mol. The minimum absolute atomic E-state index is 0.404. The molecule has 2 rings (SSSR count). The van der Waals surface area contributed by atoms with Crippen molar-refractivity contribution in [1.29, 1.82) is 0 Å². The predicted molar refractivity (Wildman–Crippen MR) is 80.6 cm³/mol. The van der Waals surface area contributed by atoms with Crippen molar-refractivity contribution in [3.63, 3.8) is 0 Å². The molecule has 0 radical (unpaired) electrons. The van der Waals surface area contributed by atoms with Gasteiger partial charge in [-0.1, -0.05) is 6.92 Å². The molecule has 1 aromatic heterocycles. The van der Waals surface area contributed by atoms with E-state index < -0.39 is 0 Å². The Labute approximate surface area is 126 Å². The molecule has 2 heterocycles. The quantitative estimate of drug-likeness (QED) is 0.754. The molecule has 1 aliphatic heterocycles. The van der Waals surface area contributed by atoms with Crippen LogP contribution >= 0.6 is 0 Å². The molecule has 118 valence electrons. The SMILES string of the molecule is CCCNc1cc(OCC2CCOC2)nc(COCC)n1. The number of ether oxygens (including phenoxy) is 3. The highest BCUT2D eigenvalue weighted by atomic mass is 16.5. The Hall–Kier alpha value is -1.40. The smallest absolute Gasteiger partial charge is 0.218 e. The molecule has 21 heavy (non-hydrogen) atoms. The summed E-state index contributed by atoms with van der Waals surface area (Å²) in [6.45, 7) is 8.24. The highest BCUT2D eigenvalue weighted by Crippen LogP contribution is 2.18. The summed E-state index contributed by atoms with van der Waals surface area (Å²) in [4.78, 5) is 8.84. The topological polar surface area (TPSA) is 65.5 Å². The lowest BCUT2D eigenvalue weighted by Gasteiger charge is -2.12. The van der Waals surface area contributed by atoms with Crippen molar-refractivity contribution in [3.05, 3.63) is 11.9 Å². The lowest BCUT2D eigenvalue weighted by molar-refractivity contribution is 0.127. The summed E-state index contributed by atoms with van der Waals surface area (Å²) in [5, 5.41) is 3.27. The highest BCUT2D eigenvalue weighted by molar-refractivity contribution is 5.38. The van der Waals surface area contributed by atoms with E-state index in [1.54, 1.807) is 0 Å². The van der Waals surface area contributed by atoms with Gasteiger partial charge >= 0.3 is 0 Å². The average Bonchev–Trinajstić information content (AvgIpc) is 3.02. The number of aromatic nitrogens is 2. The van der Waals surface area contributed by atoms with Gasteiger partial charge < -0.3 is 19.5 Å². The second-order valence-corrected chi connectivity index (χ2v) is 5.11. The van der Waals surface area contributed by atoms with E-state index in [9.17, 15) is 0 Å². The number of rotatable bonds is 9. The van der Waals surface area contributed by atoms with Crippen LogP contribution in [-0.2, 0) is 16.1 Å². The van der Waals surface area contributed by atoms with Gasteiger partial charge in [0.2, 0.25) is 5.88 Å². The maximum absolute atomic E-state index is 5.80. The first-order chi connectivity index (χ1) is 10.3. The molecule has 1 aromatic rings. The van der Waals surface area contributed by atoms with Crippen molar-refractivity contribution in [3.8, 4) is 5.88 Å². The summed E-state index contributed by atoms with van der Waals surface area (Å²) in [6, 6.07) is 1.85. The second-order valence-electron chi connectivity index (χ2n) is 5.11. The summed E-state index contributed by atoms with van der Waals surface area (Å²) in [5.74, 6) is 2.50. The van der Waals surface area contributed by atoms with Crippen LogP contribution in [0.1, 0.15) is 32.5 Å². The van der Waals surface area contributed by atoms with E-state index in [0.717, 1.165) is 38.4 Å². The lowest BCUT2D eigenvalue weighted by atomic mass is 10.1. The third-order valence-electron chi connectivity index (χ3n) is 3.23. The first-order valence-electron chi connectivity index (χ1n) is 7.72. The number of nitrogens with zero attached hydrogens (tertiary/aromatic N) is 2. The van der Waals surface area contributed by atoms with E-state index in [2.05, 4.69) is 22.2 Å². The third-order valence-corrected chi connectivity index (χ3v) is 3.23. The minimum atomic E-state index is 0.404. The van der Waals surface area contributed by atoms with Gasteiger partial charge in [-0.3, -0.25) is 0 Å². The molecule has 1 aliphatic rings. The van der Waals surface area contributed by atoms with E-state index in [1.165, 1.54) is 0 Å². The van der Waals surface area contributed by atoms with Crippen LogP contribution in [0.3, 0.4) is 0 Å². The largest absolute Gasteiger partial charge is 0.477 e. The van der Waals surface area contributed by atoms with Crippen molar-refractivity contribution in [2.24, 2.45) is 5.92 Å². The summed E-state index contributed by atoms with van der Waals surface area (Å²) in [6.07, 6.45) is 2.10. The Balaban J connectivity index is 1.98. The minimum Gasteiger partial charge on any atom is -0.477 e. The van der Waals surface area contributed by atoms with Crippen LogP contribution in [0.15, 0.2) is 6.07 Å². The van der Waals surface area contributed by atoms with E-state index in [0.29, 0.717) is 37.4 Å². The van der Waals surface area contributed by atoms with Crippen LogP contribution in [0.4, 0.5) is 5.82 Å². The first-order valence-corrected chi connectivity index (χ1v) is 7.72. The fourth-order valence-corrected chi connectivity index (χ4v) is 2.07. The first kappa shape index (κ1) is 16.0. The molecule has 0 saturated carbocycles. The summed E-state index contributed by atoms with van der Waals surface area (Å²) < 4.78 is 16.5. The van der Waals surface area contributed by atoms with Crippen LogP contribution in [0.2, 0.25) is 0 Å². The van der Waals surface area contributed by atoms with Gasteiger partial charge in [-0.05, 0) is 19.8 Å². The van der Waals surface area contributed by atoms with E-state index >= 15 is 0 Å². The zero-order valence-corrected chi connectivity index (χ0v) is 12.9. The molecule has 1 fully saturated rings. The van der Waals surface area contributed by atoms with Gasteiger partial charge in [-0.25, -0.2) is 4.98 Å². The number of nitrogens with one attached hydrogen (secondary N) is 1. The fraction of sp³-hybridized carbons (Fsp3) is 0.733. The molecular formula is C15H25N3O3. The van der Waals surface area contributed by atoms with Crippen molar-refractivity contribution in [1.82, 2.24) is 9.97 Å². The molecule has 1 unspecified atom stereocenters. The molecule has 0 amide bonds. The van der Waals surface area contributed by atoms with Crippen LogP contribution in [0.5, 0.6) is 5.88 Å². The van der Waals surface area contributed by atoms with Gasteiger partial charge in [-0.2, -0.15) is 4.98 Å². The molecule has 1 N–H and O–H groups in total. The van der Waals surface area contributed by atoms with Crippen molar-refractivity contribution < 1.29 is 14.2 Å². The molecule has 1 saturated heterocycles. The Kier molecular flexibility index (Phi) is 6.69. The molecule has 0 bridgehead atoms. The van der Waals surface area contributed by atoms with Crippen molar-refractivity contribution >= 4 is 5.82 Å². The molecule has 0 spiro atoms. The Morgan fingerprint density at radius 3 is 3.00 bits per heavy atom. The fourth-order valence-electron chi connectivity index (χ4n) is 2.07.